The van der Waals surface area contributed by atoms with E-state index in [9.17, 15) is 10.1 Å². The molecule has 0 N–H and O–H groups in total. The first-order chi connectivity index (χ1) is 12.7. The summed E-state index contributed by atoms with van der Waals surface area (Å²) < 4.78 is 16.1. The largest absolute Gasteiger partial charge is 0.493 e. The summed E-state index contributed by atoms with van der Waals surface area (Å²) in [6, 6.07) is 16.4. The smallest absolute Gasteiger partial charge is 0.349 e. The fourth-order valence-corrected chi connectivity index (χ4v) is 2.21. The first-order valence-corrected chi connectivity index (χ1v) is 8.31. The number of methoxy groups -OCH3 is 1. The lowest BCUT2D eigenvalue weighted by Gasteiger charge is -2.10. The first-order valence-electron chi connectivity index (χ1n) is 8.31. The van der Waals surface area contributed by atoms with E-state index in [4.69, 9.17) is 14.2 Å². The quantitative estimate of drug-likeness (QED) is 0.406. The molecule has 0 fully saturated rings. The van der Waals surface area contributed by atoms with E-state index in [0.29, 0.717) is 23.7 Å². The van der Waals surface area contributed by atoms with Crippen molar-refractivity contribution in [1.29, 1.82) is 5.26 Å². The fourth-order valence-electron chi connectivity index (χ4n) is 2.21. The topological polar surface area (TPSA) is 68.5 Å². The highest BCUT2D eigenvalue weighted by Crippen LogP contribution is 2.29. The van der Waals surface area contributed by atoms with Gasteiger partial charge in [0.05, 0.1) is 13.7 Å². The normalized spacial score (nSPS) is 10.7. The number of hydrogen-bond acceptors (Lipinski definition) is 5. The molecule has 134 valence electrons. The predicted octanol–water partition coefficient (Wildman–Crippen LogP) is 4.13. The Morgan fingerprint density at radius 2 is 1.92 bits per heavy atom. The van der Waals surface area contributed by atoms with Crippen LogP contribution < -0.4 is 9.47 Å². The van der Waals surface area contributed by atoms with Gasteiger partial charge in [-0.15, -0.1) is 0 Å². The minimum atomic E-state index is -0.665. The fraction of sp³-hybridized carbons (Fsp3) is 0.238. The molecular weight excluding hydrogens is 330 g/mol. The number of esters is 1. The van der Waals surface area contributed by atoms with Crippen LogP contribution in [0.1, 0.15) is 24.5 Å². The van der Waals surface area contributed by atoms with Gasteiger partial charge in [-0.3, -0.25) is 0 Å². The van der Waals surface area contributed by atoms with E-state index in [1.807, 2.05) is 43.3 Å². The number of benzene rings is 2. The molecule has 0 aliphatic carbocycles. The minimum absolute atomic E-state index is 0.0785. The van der Waals surface area contributed by atoms with Crippen LogP contribution in [0.2, 0.25) is 0 Å². The Morgan fingerprint density at radius 3 is 2.58 bits per heavy atom. The van der Waals surface area contributed by atoms with Gasteiger partial charge in [0, 0.05) is 0 Å². The van der Waals surface area contributed by atoms with Gasteiger partial charge in [-0.05, 0) is 35.8 Å². The summed E-state index contributed by atoms with van der Waals surface area (Å²) in [7, 11) is 1.54. The van der Waals surface area contributed by atoms with E-state index in [2.05, 4.69) is 0 Å². The third-order valence-corrected chi connectivity index (χ3v) is 3.51. The number of nitrogens with zero attached hydrogens (tertiary/aromatic N) is 1. The number of carbonyl (C=O) groups excluding carboxylic acids is 1. The highest BCUT2D eigenvalue weighted by atomic mass is 16.5. The van der Waals surface area contributed by atoms with E-state index in [0.717, 1.165) is 12.0 Å². The van der Waals surface area contributed by atoms with Crippen molar-refractivity contribution in [2.24, 2.45) is 0 Å². The van der Waals surface area contributed by atoms with Crippen molar-refractivity contribution in [1.82, 2.24) is 0 Å². The number of nitriles is 1. The van der Waals surface area contributed by atoms with Crippen molar-refractivity contribution in [2.45, 2.75) is 20.0 Å². The van der Waals surface area contributed by atoms with Crippen LogP contribution >= 0.6 is 0 Å². The van der Waals surface area contributed by atoms with E-state index >= 15 is 0 Å². The molecule has 0 aromatic heterocycles. The molecule has 0 unspecified atom stereocenters. The highest BCUT2D eigenvalue weighted by molar-refractivity contribution is 5.97. The molecule has 0 atom stereocenters. The van der Waals surface area contributed by atoms with Crippen molar-refractivity contribution in [2.75, 3.05) is 13.7 Å². The second-order valence-corrected chi connectivity index (χ2v) is 5.49. The molecule has 5 nitrogen and oxygen atoms in total. The molecule has 0 saturated carbocycles. The van der Waals surface area contributed by atoms with Gasteiger partial charge in [0.2, 0.25) is 0 Å². The van der Waals surface area contributed by atoms with Gasteiger partial charge in [-0.25, -0.2) is 4.79 Å². The zero-order chi connectivity index (χ0) is 18.8. The summed E-state index contributed by atoms with van der Waals surface area (Å²) in [5.74, 6) is 0.500. The Bertz CT molecular complexity index is 807. The molecule has 26 heavy (non-hydrogen) atoms. The molecule has 0 bridgehead atoms. The number of rotatable bonds is 8. The molecule has 0 aliphatic rings. The SMILES string of the molecule is CCCOc1ccc(C=C(C#N)C(=O)OCc2ccccc2)cc1OC. The monoisotopic (exact) mass is 351 g/mol. The number of carbonyl (C=O) groups is 1. The number of hydrogen-bond donors (Lipinski definition) is 0. The molecule has 0 spiro atoms. The van der Waals surface area contributed by atoms with Gasteiger partial charge in [-0.2, -0.15) is 5.26 Å². The predicted molar refractivity (Wildman–Crippen MR) is 98.6 cm³/mol. The van der Waals surface area contributed by atoms with E-state index in [1.165, 1.54) is 6.08 Å². The van der Waals surface area contributed by atoms with Crippen LogP contribution in [0.15, 0.2) is 54.1 Å². The molecule has 2 aromatic carbocycles. The van der Waals surface area contributed by atoms with Gasteiger partial charge in [0.15, 0.2) is 11.5 Å². The highest BCUT2D eigenvalue weighted by Gasteiger charge is 2.12. The third-order valence-electron chi connectivity index (χ3n) is 3.51. The zero-order valence-corrected chi connectivity index (χ0v) is 14.9. The van der Waals surface area contributed by atoms with Crippen molar-refractivity contribution < 1.29 is 19.0 Å². The van der Waals surface area contributed by atoms with Gasteiger partial charge in [-0.1, -0.05) is 43.3 Å². The molecule has 0 amide bonds. The van der Waals surface area contributed by atoms with E-state index in [1.54, 1.807) is 25.3 Å². The van der Waals surface area contributed by atoms with Crippen LogP contribution in [-0.2, 0) is 16.1 Å². The Labute approximate surface area is 153 Å². The van der Waals surface area contributed by atoms with Gasteiger partial charge >= 0.3 is 5.97 Å². The van der Waals surface area contributed by atoms with Gasteiger partial charge < -0.3 is 14.2 Å². The molecule has 0 radical (unpaired) electrons. The van der Waals surface area contributed by atoms with Crippen molar-refractivity contribution in [3.05, 3.63) is 65.2 Å². The molecule has 0 saturated heterocycles. The van der Waals surface area contributed by atoms with Gasteiger partial charge in [0.1, 0.15) is 18.2 Å². The molecule has 0 heterocycles. The molecule has 2 aromatic rings. The molecule has 0 aliphatic heterocycles. The van der Waals surface area contributed by atoms with Crippen molar-refractivity contribution in [3.63, 3.8) is 0 Å². The van der Waals surface area contributed by atoms with Crippen LogP contribution in [-0.4, -0.2) is 19.7 Å². The minimum Gasteiger partial charge on any atom is -0.493 e. The lowest BCUT2D eigenvalue weighted by atomic mass is 10.1. The summed E-state index contributed by atoms with van der Waals surface area (Å²) in [5.41, 5.74) is 1.43. The Morgan fingerprint density at radius 1 is 1.15 bits per heavy atom. The first kappa shape index (κ1) is 19.1. The molecule has 5 heteroatoms. The standard InChI is InChI=1S/C21H21NO4/c1-3-11-25-19-10-9-17(13-20(19)24-2)12-18(14-22)21(23)26-15-16-7-5-4-6-8-16/h4-10,12-13H,3,11,15H2,1-2H3. The Hall–Kier alpha value is -3.26. The molecular formula is C21H21NO4. The van der Waals surface area contributed by atoms with Crippen LogP contribution in [0.5, 0.6) is 11.5 Å². The summed E-state index contributed by atoms with van der Waals surface area (Å²) >= 11 is 0. The average molecular weight is 351 g/mol. The summed E-state index contributed by atoms with van der Waals surface area (Å²) in [6.45, 7) is 2.72. The van der Waals surface area contributed by atoms with Crippen LogP contribution in [0.3, 0.4) is 0 Å². The van der Waals surface area contributed by atoms with E-state index in [-0.39, 0.29) is 12.2 Å². The lowest BCUT2D eigenvalue weighted by Crippen LogP contribution is -2.06. The average Bonchev–Trinajstić information content (AvgIpc) is 2.69. The van der Waals surface area contributed by atoms with Gasteiger partial charge in [0.25, 0.3) is 0 Å². The maximum absolute atomic E-state index is 12.1. The maximum Gasteiger partial charge on any atom is 0.349 e. The Kier molecular flexibility index (Phi) is 7.26. The zero-order valence-electron chi connectivity index (χ0n) is 14.9. The van der Waals surface area contributed by atoms with Crippen molar-refractivity contribution in [3.8, 4) is 17.6 Å². The second kappa shape index (κ2) is 9.90. The summed E-state index contributed by atoms with van der Waals surface area (Å²) in [5, 5.41) is 9.28. The maximum atomic E-state index is 12.1. The summed E-state index contributed by atoms with van der Waals surface area (Å²) in [6.07, 6.45) is 2.36. The lowest BCUT2D eigenvalue weighted by molar-refractivity contribution is -0.139. The number of ether oxygens (including phenoxy) is 3. The van der Waals surface area contributed by atoms with Crippen LogP contribution in [0, 0.1) is 11.3 Å². The van der Waals surface area contributed by atoms with Crippen LogP contribution in [0.25, 0.3) is 6.08 Å². The second-order valence-electron chi connectivity index (χ2n) is 5.49. The summed E-state index contributed by atoms with van der Waals surface area (Å²) in [4.78, 5) is 12.1. The van der Waals surface area contributed by atoms with E-state index < -0.39 is 5.97 Å². The van der Waals surface area contributed by atoms with Crippen LogP contribution in [0.4, 0.5) is 0 Å². The Balaban J connectivity index is 2.11. The van der Waals surface area contributed by atoms with Crippen molar-refractivity contribution >= 4 is 12.0 Å². The molecule has 2 rings (SSSR count). The third kappa shape index (κ3) is 5.38.